The number of fused-ring (bicyclic) bond motifs is 3. The molecule has 0 bridgehead atoms. The summed E-state index contributed by atoms with van der Waals surface area (Å²) in [6.45, 7) is 4.61. The van der Waals surface area contributed by atoms with E-state index in [9.17, 15) is 0 Å². The van der Waals surface area contributed by atoms with Crippen molar-refractivity contribution >= 4 is 66.2 Å². The lowest BCUT2D eigenvalue weighted by molar-refractivity contribution is 0.555. The van der Waals surface area contributed by atoms with Crippen LogP contribution < -0.4 is 0 Å². The zero-order chi connectivity index (χ0) is 31.0. The number of thiophene rings is 2. The highest BCUT2D eigenvalue weighted by Gasteiger charge is 2.28. The first-order valence-electron chi connectivity index (χ1n) is 18.0. The molecule has 1 aliphatic carbocycles. The van der Waals surface area contributed by atoms with Crippen LogP contribution in [-0.2, 0) is 12.8 Å². The molecule has 0 unspecified atom stereocenters. The van der Waals surface area contributed by atoms with Crippen LogP contribution in [0.2, 0.25) is 0 Å². The van der Waals surface area contributed by atoms with Gasteiger partial charge in [0.25, 0.3) is 0 Å². The van der Waals surface area contributed by atoms with Crippen molar-refractivity contribution in [2.75, 3.05) is 0 Å². The number of halogens is 2. The predicted octanol–water partition coefficient (Wildman–Crippen LogP) is 15.8. The van der Waals surface area contributed by atoms with Crippen LogP contribution in [0.4, 0.5) is 0 Å². The fourth-order valence-corrected chi connectivity index (χ4v) is 10.1. The first-order chi connectivity index (χ1) is 21.6. The molecule has 3 aromatic rings. The normalized spacial score (nSPS) is 12.2. The second-order valence-corrected chi connectivity index (χ2v) is 18.0. The van der Waals surface area contributed by atoms with E-state index < -0.39 is 0 Å². The molecule has 0 atom stereocenters. The van der Waals surface area contributed by atoms with Crippen molar-refractivity contribution in [3.63, 3.8) is 0 Å². The third kappa shape index (κ3) is 11.8. The highest BCUT2D eigenvalue weighted by Crippen LogP contribution is 2.54. The summed E-state index contributed by atoms with van der Waals surface area (Å²) in [5.41, 5.74) is 8.64. The quantitative estimate of drug-likeness (QED) is 0.0661. The summed E-state index contributed by atoms with van der Waals surface area (Å²) < 4.78 is 2.44. The van der Waals surface area contributed by atoms with Crippen molar-refractivity contribution < 1.29 is 0 Å². The number of hydrogen-bond acceptors (Lipinski definition) is 2. The third-order valence-electron chi connectivity index (χ3n) is 9.21. The fourth-order valence-electron chi connectivity index (χ4n) is 6.72. The molecular formula is C40H56Br2S2. The molecule has 0 radical (unpaired) electrons. The Morgan fingerprint density at radius 2 is 0.841 bits per heavy atom. The van der Waals surface area contributed by atoms with Crippen molar-refractivity contribution in [2.24, 2.45) is 0 Å². The monoisotopic (exact) mass is 758 g/mol. The standard InChI is InChI=1S/C40H56Br2S2/c1-3-5-7-9-11-13-15-17-19-21-23-31-25-32(24-22-20-18-16-14-12-10-8-6-4-2)27-33(26-31)28-34-35-29-37(41)43-39(35)40-36(34)30-38(42)44-40/h25-30H,3-24H2,1-2H3. The van der Waals surface area contributed by atoms with Crippen molar-refractivity contribution in [1.29, 1.82) is 0 Å². The van der Waals surface area contributed by atoms with Gasteiger partial charge in [-0.1, -0.05) is 148 Å². The van der Waals surface area contributed by atoms with Crippen molar-refractivity contribution in [3.8, 4) is 9.75 Å². The minimum Gasteiger partial charge on any atom is -0.127 e. The van der Waals surface area contributed by atoms with Gasteiger partial charge in [-0.3, -0.25) is 0 Å². The molecule has 0 spiro atoms. The molecule has 0 amide bonds. The third-order valence-corrected chi connectivity index (χ3v) is 12.7. The summed E-state index contributed by atoms with van der Waals surface area (Å²) in [6, 6.07) is 12.2. The smallest absolute Gasteiger partial charge is 0.0711 e. The van der Waals surface area contributed by atoms with Crippen LogP contribution in [0.3, 0.4) is 0 Å². The molecule has 0 fully saturated rings. The second kappa shape index (κ2) is 20.5. The van der Waals surface area contributed by atoms with Gasteiger partial charge < -0.3 is 0 Å². The number of rotatable bonds is 23. The Hall–Kier alpha value is -0.680. The molecule has 1 aliphatic rings. The zero-order valence-corrected chi connectivity index (χ0v) is 32.4. The number of aryl methyl sites for hydroxylation is 2. The molecule has 44 heavy (non-hydrogen) atoms. The molecule has 0 N–H and O–H groups in total. The SMILES string of the molecule is CCCCCCCCCCCCc1cc(C=C2c3cc(Br)sc3-c3sc(Br)cc32)cc(CCCCCCCCCCCC)c1. The largest absolute Gasteiger partial charge is 0.127 e. The van der Waals surface area contributed by atoms with E-state index in [1.807, 2.05) is 22.7 Å². The molecule has 0 saturated heterocycles. The first-order valence-corrected chi connectivity index (χ1v) is 21.2. The summed E-state index contributed by atoms with van der Waals surface area (Å²) in [5, 5.41) is 0. The summed E-state index contributed by atoms with van der Waals surface area (Å²) in [7, 11) is 0. The molecule has 0 saturated carbocycles. The zero-order valence-electron chi connectivity index (χ0n) is 27.6. The molecule has 0 nitrogen and oxygen atoms in total. The Kier molecular flexibility index (Phi) is 16.9. The Morgan fingerprint density at radius 3 is 1.23 bits per heavy atom. The van der Waals surface area contributed by atoms with E-state index in [4.69, 9.17) is 0 Å². The number of benzene rings is 1. The van der Waals surface area contributed by atoms with Crippen LogP contribution in [0.15, 0.2) is 37.9 Å². The van der Waals surface area contributed by atoms with Crippen LogP contribution in [0.5, 0.6) is 0 Å². The van der Waals surface area contributed by atoms with Gasteiger partial charge in [0.2, 0.25) is 0 Å². The van der Waals surface area contributed by atoms with Gasteiger partial charge in [-0.05, 0) is 98.0 Å². The summed E-state index contributed by atoms with van der Waals surface area (Å²) >= 11 is 11.3. The lowest BCUT2D eigenvalue weighted by Gasteiger charge is -2.10. The Bertz CT molecular complexity index is 1190. The van der Waals surface area contributed by atoms with Gasteiger partial charge in [0, 0.05) is 11.1 Å². The molecule has 242 valence electrons. The minimum absolute atomic E-state index is 1.21. The summed E-state index contributed by atoms with van der Waals surface area (Å²) in [6.07, 6.45) is 32.9. The predicted molar refractivity (Wildman–Crippen MR) is 208 cm³/mol. The van der Waals surface area contributed by atoms with Crippen molar-refractivity contribution in [1.82, 2.24) is 0 Å². The lowest BCUT2D eigenvalue weighted by Crippen LogP contribution is -1.94. The van der Waals surface area contributed by atoms with Crippen molar-refractivity contribution in [3.05, 3.63) is 65.7 Å². The maximum Gasteiger partial charge on any atom is 0.0711 e. The average molecular weight is 761 g/mol. The van der Waals surface area contributed by atoms with Crippen LogP contribution in [-0.4, -0.2) is 0 Å². The number of unbranched alkanes of at least 4 members (excludes halogenated alkanes) is 18. The lowest BCUT2D eigenvalue weighted by atomic mass is 9.95. The molecule has 4 rings (SSSR count). The molecule has 1 aromatic carbocycles. The van der Waals surface area contributed by atoms with E-state index in [1.165, 1.54) is 192 Å². The maximum absolute atomic E-state index is 3.77. The molecular weight excluding hydrogens is 704 g/mol. The van der Waals surface area contributed by atoms with E-state index in [1.54, 1.807) is 0 Å². The van der Waals surface area contributed by atoms with Gasteiger partial charge >= 0.3 is 0 Å². The van der Waals surface area contributed by atoms with Crippen LogP contribution in [0.25, 0.3) is 21.4 Å². The average Bonchev–Trinajstić information content (AvgIpc) is 3.65. The molecule has 0 aliphatic heterocycles. The van der Waals surface area contributed by atoms with Crippen LogP contribution in [0, 0.1) is 0 Å². The van der Waals surface area contributed by atoms with Gasteiger partial charge in [0.05, 0.1) is 17.3 Å². The Morgan fingerprint density at radius 1 is 0.477 bits per heavy atom. The van der Waals surface area contributed by atoms with E-state index in [0.717, 1.165) is 0 Å². The van der Waals surface area contributed by atoms with E-state index in [0.29, 0.717) is 0 Å². The van der Waals surface area contributed by atoms with E-state index in [2.05, 4.69) is 82.1 Å². The van der Waals surface area contributed by atoms with Crippen LogP contribution >= 0.6 is 54.5 Å². The maximum atomic E-state index is 3.77. The van der Waals surface area contributed by atoms with Crippen molar-refractivity contribution in [2.45, 2.75) is 155 Å². The van der Waals surface area contributed by atoms with E-state index >= 15 is 0 Å². The highest BCUT2D eigenvalue weighted by molar-refractivity contribution is 9.11. The molecule has 4 heteroatoms. The van der Waals surface area contributed by atoms with Gasteiger partial charge in [-0.25, -0.2) is 0 Å². The topological polar surface area (TPSA) is 0 Å². The van der Waals surface area contributed by atoms with Crippen LogP contribution in [0.1, 0.15) is 170 Å². The highest BCUT2D eigenvalue weighted by atomic mass is 79.9. The Labute approximate surface area is 294 Å². The minimum atomic E-state index is 1.21. The number of hydrogen-bond donors (Lipinski definition) is 0. The van der Waals surface area contributed by atoms with Gasteiger partial charge in [0.1, 0.15) is 0 Å². The molecule has 2 heterocycles. The molecule has 2 aromatic heterocycles. The van der Waals surface area contributed by atoms with Gasteiger partial charge in [-0.2, -0.15) is 0 Å². The second-order valence-electron chi connectivity index (χ2n) is 13.1. The Balaban J connectivity index is 1.35. The van der Waals surface area contributed by atoms with Gasteiger partial charge in [-0.15, -0.1) is 22.7 Å². The first kappa shape index (κ1) is 36.2. The fraction of sp³-hybridized carbons (Fsp3) is 0.600. The van der Waals surface area contributed by atoms with Gasteiger partial charge in [0.15, 0.2) is 0 Å². The summed E-state index contributed by atoms with van der Waals surface area (Å²) in [4.78, 5) is 2.84. The summed E-state index contributed by atoms with van der Waals surface area (Å²) in [5.74, 6) is 0. The van der Waals surface area contributed by atoms with E-state index in [-0.39, 0.29) is 0 Å².